The van der Waals surface area contributed by atoms with Gasteiger partial charge in [-0.1, -0.05) is 12.8 Å². The standard InChI is InChI=1S/C20H28N4OS/c1-24(2)10-13-7-14-9-18(20-22-16(11-25)12-26-20)23-19(14)17(8-13)21-15-5-3-4-6-15/h7-9,15-16,21,23,25H,3-6,10-12H2,1-2H3. The number of nitrogens with zero attached hydrogens (tertiary/aromatic N) is 2. The minimum atomic E-state index is 0.0294. The predicted molar refractivity (Wildman–Crippen MR) is 111 cm³/mol. The predicted octanol–water partition coefficient (Wildman–Crippen LogP) is 3.44. The van der Waals surface area contributed by atoms with E-state index in [2.05, 4.69) is 52.5 Å². The molecule has 2 aromatic rings. The number of benzene rings is 1. The number of hydrogen-bond acceptors (Lipinski definition) is 5. The van der Waals surface area contributed by atoms with Gasteiger partial charge in [0.25, 0.3) is 0 Å². The van der Waals surface area contributed by atoms with E-state index in [0.717, 1.165) is 23.0 Å². The maximum atomic E-state index is 9.35. The molecule has 1 aromatic carbocycles. The largest absolute Gasteiger partial charge is 0.394 e. The Morgan fingerprint density at radius 3 is 2.77 bits per heavy atom. The van der Waals surface area contributed by atoms with Crippen LogP contribution in [-0.2, 0) is 6.54 Å². The number of aromatic amines is 1. The number of aliphatic hydroxyl groups excluding tert-OH is 1. The Kier molecular flexibility index (Phi) is 5.25. The van der Waals surface area contributed by atoms with Gasteiger partial charge in [-0.3, -0.25) is 4.99 Å². The third-order valence-corrected chi connectivity index (χ3v) is 6.31. The van der Waals surface area contributed by atoms with E-state index in [-0.39, 0.29) is 12.6 Å². The van der Waals surface area contributed by atoms with Gasteiger partial charge in [0.1, 0.15) is 5.04 Å². The van der Waals surface area contributed by atoms with Crippen molar-refractivity contribution in [2.24, 2.45) is 4.99 Å². The van der Waals surface area contributed by atoms with Crippen molar-refractivity contribution in [2.75, 3.05) is 31.8 Å². The molecule has 1 aromatic heterocycles. The molecule has 4 rings (SSSR count). The van der Waals surface area contributed by atoms with Crippen LogP contribution in [0.15, 0.2) is 23.2 Å². The first-order valence-electron chi connectivity index (χ1n) is 9.51. The van der Waals surface area contributed by atoms with Crippen LogP contribution in [-0.4, -0.2) is 58.6 Å². The summed E-state index contributed by atoms with van der Waals surface area (Å²) < 4.78 is 0. The summed E-state index contributed by atoms with van der Waals surface area (Å²) >= 11 is 1.73. The monoisotopic (exact) mass is 372 g/mol. The normalized spacial score (nSPS) is 21.1. The lowest BCUT2D eigenvalue weighted by Crippen LogP contribution is -2.16. The molecule has 140 valence electrons. The number of H-pyrrole nitrogens is 1. The molecule has 0 radical (unpaired) electrons. The van der Waals surface area contributed by atoms with Crippen molar-refractivity contribution in [3.63, 3.8) is 0 Å². The summed E-state index contributed by atoms with van der Waals surface area (Å²) in [6, 6.07) is 7.39. The van der Waals surface area contributed by atoms with Crippen molar-refractivity contribution in [2.45, 2.75) is 44.3 Å². The van der Waals surface area contributed by atoms with Crippen LogP contribution >= 0.6 is 11.8 Å². The number of nitrogens with one attached hydrogen (secondary N) is 2. The quantitative estimate of drug-likeness (QED) is 0.727. The first-order valence-corrected chi connectivity index (χ1v) is 10.5. The van der Waals surface area contributed by atoms with Gasteiger partial charge < -0.3 is 20.3 Å². The first-order chi connectivity index (χ1) is 12.6. The van der Waals surface area contributed by atoms with Gasteiger partial charge in [0, 0.05) is 23.7 Å². The molecule has 0 spiro atoms. The van der Waals surface area contributed by atoms with Gasteiger partial charge in [-0.05, 0) is 50.7 Å². The molecule has 1 unspecified atom stereocenters. The maximum Gasteiger partial charge on any atom is 0.115 e. The highest BCUT2D eigenvalue weighted by atomic mass is 32.2. The zero-order valence-electron chi connectivity index (χ0n) is 15.6. The molecule has 0 saturated heterocycles. The molecule has 2 heterocycles. The highest BCUT2D eigenvalue weighted by Gasteiger charge is 2.22. The smallest absolute Gasteiger partial charge is 0.115 e. The molecule has 6 heteroatoms. The second kappa shape index (κ2) is 7.62. The molecular formula is C20H28N4OS. The zero-order chi connectivity index (χ0) is 18.1. The second-order valence-electron chi connectivity index (χ2n) is 7.74. The Bertz CT molecular complexity index is 807. The van der Waals surface area contributed by atoms with E-state index in [4.69, 9.17) is 0 Å². The molecule has 5 nitrogen and oxygen atoms in total. The van der Waals surface area contributed by atoms with E-state index >= 15 is 0 Å². The van der Waals surface area contributed by atoms with Crippen molar-refractivity contribution in [3.8, 4) is 0 Å². The number of rotatable bonds is 6. The molecule has 0 bridgehead atoms. The topological polar surface area (TPSA) is 63.7 Å². The van der Waals surface area contributed by atoms with Gasteiger partial charge in [-0.2, -0.15) is 0 Å². The number of thioether (sulfide) groups is 1. The van der Waals surface area contributed by atoms with Crippen LogP contribution in [0.25, 0.3) is 10.9 Å². The minimum Gasteiger partial charge on any atom is -0.394 e. The Balaban J connectivity index is 1.71. The van der Waals surface area contributed by atoms with Crippen LogP contribution in [0, 0.1) is 0 Å². The molecule has 3 N–H and O–H groups in total. The van der Waals surface area contributed by atoms with Crippen molar-refractivity contribution in [3.05, 3.63) is 29.5 Å². The fourth-order valence-corrected chi connectivity index (χ4v) is 4.96. The van der Waals surface area contributed by atoms with Crippen LogP contribution in [0.2, 0.25) is 0 Å². The van der Waals surface area contributed by atoms with Gasteiger partial charge in [0.15, 0.2) is 0 Å². The number of anilines is 1. The number of aromatic nitrogens is 1. The average molecular weight is 373 g/mol. The Morgan fingerprint density at radius 1 is 1.27 bits per heavy atom. The molecule has 1 atom stereocenters. The lowest BCUT2D eigenvalue weighted by Gasteiger charge is -2.17. The van der Waals surface area contributed by atoms with E-state index in [9.17, 15) is 5.11 Å². The van der Waals surface area contributed by atoms with Crippen molar-refractivity contribution < 1.29 is 5.11 Å². The highest BCUT2D eigenvalue weighted by molar-refractivity contribution is 8.14. The van der Waals surface area contributed by atoms with E-state index in [1.165, 1.54) is 47.8 Å². The number of aliphatic imine (C=N–C) groups is 1. The van der Waals surface area contributed by atoms with Crippen LogP contribution in [0.3, 0.4) is 0 Å². The molecule has 2 aliphatic rings. The van der Waals surface area contributed by atoms with E-state index in [0.29, 0.717) is 6.04 Å². The van der Waals surface area contributed by atoms with Crippen molar-refractivity contribution in [1.29, 1.82) is 0 Å². The van der Waals surface area contributed by atoms with Crippen LogP contribution in [0.1, 0.15) is 36.9 Å². The molecule has 1 aliphatic heterocycles. The number of hydrogen-bond donors (Lipinski definition) is 3. The summed E-state index contributed by atoms with van der Waals surface area (Å²) in [5, 5.41) is 15.4. The Labute approximate surface area is 159 Å². The fourth-order valence-electron chi connectivity index (χ4n) is 3.94. The van der Waals surface area contributed by atoms with Crippen molar-refractivity contribution >= 4 is 33.4 Å². The Morgan fingerprint density at radius 2 is 2.08 bits per heavy atom. The summed E-state index contributed by atoms with van der Waals surface area (Å²) in [5.41, 5.74) is 4.77. The Hall–Kier alpha value is -1.50. The van der Waals surface area contributed by atoms with Gasteiger partial charge in [0.2, 0.25) is 0 Å². The maximum absolute atomic E-state index is 9.35. The van der Waals surface area contributed by atoms with E-state index < -0.39 is 0 Å². The highest BCUT2D eigenvalue weighted by Crippen LogP contribution is 2.32. The summed E-state index contributed by atoms with van der Waals surface area (Å²) in [4.78, 5) is 10.4. The molecule has 1 saturated carbocycles. The van der Waals surface area contributed by atoms with Gasteiger partial charge >= 0.3 is 0 Å². The second-order valence-corrected chi connectivity index (χ2v) is 8.74. The molecule has 1 aliphatic carbocycles. The first kappa shape index (κ1) is 17.9. The minimum absolute atomic E-state index is 0.0294. The third-order valence-electron chi connectivity index (χ3n) is 5.16. The van der Waals surface area contributed by atoms with Gasteiger partial charge in [-0.25, -0.2) is 0 Å². The molecule has 26 heavy (non-hydrogen) atoms. The van der Waals surface area contributed by atoms with E-state index in [1.807, 2.05) is 0 Å². The van der Waals surface area contributed by atoms with E-state index in [1.54, 1.807) is 11.8 Å². The van der Waals surface area contributed by atoms with Gasteiger partial charge in [-0.15, -0.1) is 11.8 Å². The van der Waals surface area contributed by atoms with Crippen LogP contribution in [0.5, 0.6) is 0 Å². The van der Waals surface area contributed by atoms with Crippen LogP contribution < -0.4 is 5.32 Å². The summed E-state index contributed by atoms with van der Waals surface area (Å²) in [6.07, 6.45) is 5.16. The lowest BCUT2D eigenvalue weighted by molar-refractivity contribution is 0.277. The third kappa shape index (κ3) is 3.77. The summed E-state index contributed by atoms with van der Waals surface area (Å²) in [7, 11) is 4.21. The van der Waals surface area contributed by atoms with Crippen LogP contribution in [0.4, 0.5) is 5.69 Å². The van der Waals surface area contributed by atoms with Gasteiger partial charge in [0.05, 0.1) is 29.5 Å². The van der Waals surface area contributed by atoms with Crippen molar-refractivity contribution in [1.82, 2.24) is 9.88 Å². The SMILES string of the molecule is CN(C)Cc1cc(NC2CCCC2)c2[nH]c(C3=NC(CO)CS3)cc2c1. The number of fused-ring (bicyclic) bond motifs is 1. The molecule has 0 amide bonds. The molecular weight excluding hydrogens is 344 g/mol. The summed E-state index contributed by atoms with van der Waals surface area (Å²) in [5.74, 6) is 0.861. The zero-order valence-corrected chi connectivity index (χ0v) is 16.4. The fraction of sp³-hybridized carbons (Fsp3) is 0.550. The molecule has 1 fully saturated rings. The number of aliphatic hydroxyl groups is 1. The summed E-state index contributed by atoms with van der Waals surface area (Å²) in [6.45, 7) is 1.05. The average Bonchev–Trinajstić information content (AvgIpc) is 3.34. The lowest BCUT2D eigenvalue weighted by atomic mass is 10.1.